The molecule has 0 aromatic heterocycles. The molecule has 0 unspecified atom stereocenters. The number of fused-ring (bicyclic) bond motifs is 8. The Labute approximate surface area is 327 Å². The third-order valence-corrected chi connectivity index (χ3v) is 11.7. The standard InChI is InChI=1S/C53H38N2O/c1-53(2)45-32-36(22-29-43(45)44-30-28-42(34-46(44)53)55-49-15-7-9-17-51(49)56-52-18-10-8-16-50(52)55)20-19-35-21-23-40-33-41(27-26-39(40)31-35)54-47-13-5-3-11-37(47)24-25-38-12-4-6-14-48(38)54/h3-34H,1-2H3. The topological polar surface area (TPSA) is 15.7 Å². The van der Waals surface area contributed by atoms with E-state index in [0.717, 1.165) is 34.2 Å². The largest absolute Gasteiger partial charge is 0.453 e. The van der Waals surface area contributed by atoms with E-state index in [0.29, 0.717) is 0 Å². The van der Waals surface area contributed by atoms with E-state index in [1.807, 2.05) is 24.3 Å². The van der Waals surface area contributed by atoms with Gasteiger partial charge in [0.25, 0.3) is 0 Å². The zero-order chi connectivity index (χ0) is 37.4. The summed E-state index contributed by atoms with van der Waals surface area (Å²) in [5, 5.41) is 2.43. The molecule has 2 aliphatic heterocycles. The quantitative estimate of drug-likeness (QED) is 0.169. The molecule has 8 aromatic carbocycles. The van der Waals surface area contributed by atoms with Gasteiger partial charge in [0.15, 0.2) is 11.5 Å². The molecule has 8 aromatic rings. The van der Waals surface area contributed by atoms with E-state index in [4.69, 9.17) is 4.74 Å². The van der Waals surface area contributed by atoms with Crippen molar-refractivity contribution in [1.82, 2.24) is 0 Å². The van der Waals surface area contributed by atoms with Crippen molar-refractivity contribution in [3.8, 4) is 22.6 Å². The van der Waals surface area contributed by atoms with Gasteiger partial charge in [0.1, 0.15) is 0 Å². The summed E-state index contributed by atoms with van der Waals surface area (Å²) in [4.78, 5) is 4.71. The van der Waals surface area contributed by atoms with Gasteiger partial charge in [-0.25, -0.2) is 0 Å². The lowest BCUT2D eigenvalue weighted by Gasteiger charge is -2.33. The molecule has 0 saturated carbocycles. The van der Waals surface area contributed by atoms with Gasteiger partial charge in [0, 0.05) is 16.8 Å². The van der Waals surface area contributed by atoms with Gasteiger partial charge < -0.3 is 14.5 Å². The molecule has 0 spiro atoms. The van der Waals surface area contributed by atoms with Crippen LogP contribution in [0.4, 0.5) is 34.1 Å². The molecular formula is C53H38N2O. The summed E-state index contributed by atoms with van der Waals surface area (Å²) in [7, 11) is 0. The van der Waals surface area contributed by atoms with Crippen LogP contribution in [0.3, 0.4) is 0 Å². The monoisotopic (exact) mass is 718 g/mol. The molecule has 0 atom stereocenters. The second-order valence-electron chi connectivity index (χ2n) is 15.4. The fraction of sp³-hybridized carbons (Fsp3) is 0.0566. The Morgan fingerprint density at radius 2 is 0.893 bits per heavy atom. The van der Waals surface area contributed by atoms with Gasteiger partial charge in [0.2, 0.25) is 0 Å². The van der Waals surface area contributed by atoms with Gasteiger partial charge in [-0.05, 0) is 122 Å². The average Bonchev–Trinajstić information content (AvgIpc) is 3.34. The molecule has 0 N–H and O–H groups in total. The normalized spacial score (nSPS) is 14.3. The van der Waals surface area contributed by atoms with Crippen LogP contribution in [0.5, 0.6) is 11.5 Å². The van der Waals surface area contributed by atoms with Crippen LogP contribution in [0.25, 0.3) is 46.2 Å². The first-order valence-electron chi connectivity index (χ1n) is 19.3. The predicted molar refractivity (Wildman–Crippen MR) is 235 cm³/mol. The first kappa shape index (κ1) is 32.3. The Bertz CT molecular complexity index is 2860. The molecule has 3 aliphatic rings. The van der Waals surface area contributed by atoms with Crippen LogP contribution >= 0.6 is 0 Å². The summed E-state index contributed by atoms with van der Waals surface area (Å²) < 4.78 is 6.30. The number of para-hydroxylation sites is 6. The van der Waals surface area contributed by atoms with Gasteiger partial charge in [-0.1, -0.05) is 141 Å². The van der Waals surface area contributed by atoms with Crippen LogP contribution in [-0.2, 0) is 5.41 Å². The first-order valence-corrected chi connectivity index (χ1v) is 19.3. The maximum absolute atomic E-state index is 6.30. The molecule has 266 valence electrons. The van der Waals surface area contributed by atoms with Gasteiger partial charge in [-0.15, -0.1) is 0 Å². The molecule has 0 saturated heterocycles. The van der Waals surface area contributed by atoms with E-state index < -0.39 is 0 Å². The molecule has 1 aliphatic carbocycles. The lowest BCUT2D eigenvalue weighted by Crippen LogP contribution is -2.18. The SMILES string of the molecule is CC1(C)c2cc(C=Cc3ccc4cc(N5c6ccccc6C=Cc6ccccc65)ccc4c3)ccc2-c2ccc(N3c4ccccc4Oc4ccccc43)cc21. The van der Waals surface area contributed by atoms with E-state index in [-0.39, 0.29) is 5.41 Å². The van der Waals surface area contributed by atoms with Gasteiger partial charge in [-0.3, -0.25) is 0 Å². The number of ether oxygens (including phenoxy) is 1. The van der Waals surface area contributed by atoms with E-state index in [2.05, 4.69) is 194 Å². The lowest BCUT2D eigenvalue weighted by atomic mass is 9.81. The van der Waals surface area contributed by atoms with Crippen molar-refractivity contribution in [2.24, 2.45) is 0 Å². The van der Waals surface area contributed by atoms with E-state index in [1.54, 1.807) is 0 Å². The smallest absolute Gasteiger partial charge is 0.151 e. The van der Waals surface area contributed by atoms with E-state index in [1.165, 1.54) is 66.7 Å². The van der Waals surface area contributed by atoms with Crippen molar-refractivity contribution in [3.05, 3.63) is 203 Å². The van der Waals surface area contributed by atoms with Crippen molar-refractivity contribution in [2.75, 3.05) is 9.80 Å². The Morgan fingerprint density at radius 3 is 1.57 bits per heavy atom. The molecule has 0 amide bonds. The second-order valence-corrected chi connectivity index (χ2v) is 15.4. The molecule has 0 fully saturated rings. The Kier molecular flexibility index (Phi) is 7.20. The molecule has 11 rings (SSSR count). The minimum Gasteiger partial charge on any atom is -0.453 e. The number of anilines is 6. The molecular weight excluding hydrogens is 681 g/mol. The maximum atomic E-state index is 6.30. The van der Waals surface area contributed by atoms with Crippen molar-refractivity contribution in [2.45, 2.75) is 19.3 Å². The van der Waals surface area contributed by atoms with Crippen LogP contribution in [0, 0.1) is 0 Å². The van der Waals surface area contributed by atoms with Crippen molar-refractivity contribution in [1.29, 1.82) is 0 Å². The van der Waals surface area contributed by atoms with Crippen LogP contribution in [-0.4, -0.2) is 0 Å². The number of nitrogens with zero attached hydrogens (tertiary/aromatic N) is 2. The average molecular weight is 719 g/mol. The molecule has 2 heterocycles. The molecule has 3 heteroatoms. The predicted octanol–water partition coefficient (Wildman–Crippen LogP) is 14.8. The summed E-state index contributed by atoms with van der Waals surface area (Å²) in [6.45, 7) is 4.71. The van der Waals surface area contributed by atoms with Gasteiger partial charge >= 0.3 is 0 Å². The third-order valence-electron chi connectivity index (χ3n) is 11.7. The minimum absolute atomic E-state index is 0.166. The fourth-order valence-corrected chi connectivity index (χ4v) is 8.91. The van der Waals surface area contributed by atoms with Gasteiger partial charge in [-0.2, -0.15) is 0 Å². The lowest BCUT2D eigenvalue weighted by molar-refractivity contribution is 0.477. The van der Waals surface area contributed by atoms with E-state index >= 15 is 0 Å². The molecule has 0 bridgehead atoms. The van der Waals surface area contributed by atoms with Crippen LogP contribution in [0.2, 0.25) is 0 Å². The Balaban J connectivity index is 0.891. The third kappa shape index (κ3) is 5.12. The zero-order valence-electron chi connectivity index (χ0n) is 31.3. The van der Waals surface area contributed by atoms with Gasteiger partial charge in [0.05, 0.1) is 22.7 Å². The second kappa shape index (κ2) is 12.5. The summed E-state index contributed by atoms with van der Waals surface area (Å²) in [5.41, 5.74) is 16.7. The molecule has 3 nitrogen and oxygen atoms in total. The van der Waals surface area contributed by atoms with Crippen LogP contribution in [0.1, 0.15) is 47.2 Å². The van der Waals surface area contributed by atoms with E-state index in [9.17, 15) is 0 Å². The number of benzene rings is 8. The highest BCUT2D eigenvalue weighted by Gasteiger charge is 2.37. The summed E-state index contributed by atoms with van der Waals surface area (Å²) in [6, 6.07) is 61.3. The molecule has 56 heavy (non-hydrogen) atoms. The van der Waals surface area contributed by atoms with Crippen molar-refractivity contribution < 1.29 is 4.74 Å². The van der Waals surface area contributed by atoms with Crippen molar-refractivity contribution in [3.63, 3.8) is 0 Å². The molecule has 0 radical (unpaired) electrons. The zero-order valence-corrected chi connectivity index (χ0v) is 31.3. The van der Waals surface area contributed by atoms with Crippen molar-refractivity contribution >= 4 is 69.2 Å². The van der Waals surface area contributed by atoms with Crippen LogP contribution in [0.15, 0.2) is 170 Å². The number of rotatable bonds is 4. The Hall–Kier alpha value is -7.10. The summed E-state index contributed by atoms with van der Waals surface area (Å²) in [6.07, 6.45) is 8.92. The first-order chi connectivity index (χ1) is 27.5. The fourth-order valence-electron chi connectivity index (χ4n) is 8.91. The Morgan fingerprint density at radius 1 is 0.429 bits per heavy atom. The van der Waals surface area contributed by atoms with Crippen LogP contribution < -0.4 is 14.5 Å². The minimum atomic E-state index is -0.166. The highest BCUT2D eigenvalue weighted by atomic mass is 16.5. The summed E-state index contributed by atoms with van der Waals surface area (Å²) >= 11 is 0. The highest BCUT2D eigenvalue weighted by Crippen LogP contribution is 2.54. The maximum Gasteiger partial charge on any atom is 0.151 e. The summed E-state index contributed by atoms with van der Waals surface area (Å²) in [5.74, 6) is 1.73. The number of hydrogen-bond donors (Lipinski definition) is 0. The highest BCUT2D eigenvalue weighted by molar-refractivity contribution is 5.97. The number of hydrogen-bond acceptors (Lipinski definition) is 3.